The lowest BCUT2D eigenvalue weighted by molar-refractivity contribution is -0.131. The highest BCUT2D eigenvalue weighted by molar-refractivity contribution is 5.80. The molecule has 1 amide bonds. The Morgan fingerprint density at radius 2 is 1.82 bits per heavy atom. The number of amides is 1. The maximum Gasteiger partial charge on any atom is 0.328 e. The van der Waals surface area contributed by atoms with Gasteiger partial charge in [0.15, 0.2) is 0 Å². The van der Waals surface area contributed by atoms with Crippen LogP contribution in [0.2, 0.25) is 0 Å². The third-order valence-corrected chi connectivity index (χ3v) is 2.24. The highest BCUT2D eigenvalue weighted by atomic mass is 16.4. The fraction of sp³-hybridized carbons (Fsp3) is 0.667. The van der Waals surface area contributed by atoms with Crippen molar-refractivity contribution in [1.29, 1.82) is 0 Å². The van der Waals surface area contributed by atoms with Crippen LogP contribution in [0.1, 0.15) is 20.3 Å². The molecule has 0 aliphatic carbocycles. The fourth-order valence-electron chi connectivity index (χ4n) is 1.47. The number of carboxylic acids is 1. The van der Waals surface area contributed by atoms with Crippen LogP contribution in [-0.4, -0.2) is 60.5 Å². The van der Waals surface area contributed by atoms with Crippen LogP contribution < -0.4 is 0 Å². The van der Waals surface area contributed by atoms with E-state index in [0.717, 1.165) is 18.5 Å². The van der Waals surface area contributed by atoms with Crippen LogP contribution in [0.25, 0.3) is 0 Å². The first-order chi connectivity index (χ1) is 7.86. The van der Waals surface area contributed by atoms with Crippen molar-refractivity contribution in [3.8, 4) is 0 Å². The number of rotatable bonds is 7. The predicted octanol–water partition coefficient (Wildman–Crippen LogP) is 0.817. The second-order valence-electron chi connectivity index (χ2n) is 4.33. The van der Waals surface area contributed by atoms with E-state index in [4.69, 9.17) is 5.11 Å². The largest absolute Gasteiger partial charge is 0.478 e. The van der Waals surface area contributed by atoms with Gasteiger partial charge in [0.25, 0.3) is 0 Å². The summed E-state index contributed by atoms with van der Waals surface area (Å²) in [4.78, 5) is 25.6. The molecule has 0 saturated heterocycles. The molecular weight excluding hydrogens is 220 g/mol. The second kappa shape index (κ2) is 7.84. The third-order valence-electron chi connectivity index (χ3n) is 2.24. The number of hydrogen-bond acceptors (Lipinski definition) is 3. The molecule has 98 valence electrons. The van der Waals surface area contributed by atoms with Crippen LogP contribution >= 0.6 is 0 Å². The minimum absolute atomic E-state index is 0.0292. The average molecular weight is 242 g/mol. The zero-order chi connectivity index (χ0) is 13.4. The summed E-state index contributed by atoms with van der Waals surface area (Å²) in [6.07, 6.45) is 2.11. The number of hydrogen-bond donors (Lipinski definition) is 1. The van der Waals surface area contributed by atoms with Crippen LogP contribution in [0.3, 0.4) is 0 Å². The molecule has 0 aromatic heterocycles. The van der Waals surface area contributed by atoms with Gasteiger partial charge in [0.05, 0.1) is 6.54 Å². The minimum Gasteiger partial charge on any atom is -0.478 e. The first kappa shape index (κ1) is 15.6. The van der Waals surface area contributed by atoms with E-state index >= 15 is 0 Å². The average Bonchev–Trinajstić information content (AvgIpc) is 2.15. The molecule has 0 aliphatic heterocycles. The van der Waals surface area contributed by atoms with Gasteiger partial charge in [0.1, 0.15) is 0 Å². The van der Waals surface area contributed by atoms with Crippen LogP contribution in [0.5, 0.6) is 0 Å². The standard InChI is InChI=1S/C12H22N2O3/c1-5-6-14(9-11(15)13(3)4)8-10(2)7-12(16)17/h7H,5-6,8-9H2,1-4H3,(H,16,17). The second-order valence-corrected chi connectivity index (χ2v) is 4.33. The lowest BCUT2D eigenvalue weighted by atomic mass is 10.2. The lowest BCUT2D eigenvalue weighted by Gasteiger charge is -2.23. The number of likely N-dealkylation sites (N-methyl/N-ethyl adjacent to an activating group) is 1. The monoisotopic (exact) mass is 242 g/mol. The third kappa shape index (κ3) is 7.52. The van der Waals surface area contributed by atoms with Gasteiger partial charge in [-0.15, -0.1) is 0 Å². The van der Waals surface area contributed by atoms with Gasteiger partial charge in [0, 0.05) is 26.7 Å². The van der Waals surface area contributed by atoms with Gasteiger partial charge in [-0.2, -0.15) is 0 Å². The molecule has 0 unspecified atom stereocenters. The summed E-state index contributed by atoms with van der Waals surface area (Å²) in [7, 11) is 3.43. The molecule has 0 saturated carbocycles. The van der Waals surface area contributed by atoms with Gasteiger partial charge in [-0.1, -0.05) is 12.5 Å². The number of carboxylic acid groups (broad SMARTS) is 1. The molecule has 5 heteroatoms. The molecule has 0 radical (unpaired) electrons. The molecule has 17 heavy (non-hydrogen) atoms. The Balaban J connectivity index is 4.43. The van der Waals surface area contributed by atoms with E-state index in [1.807, 2.05) is 11.8 Å². The smallest absolute Gasteiger partial charge is 0.328 e. The van der Waals surface area contributed by atoms with Crippen molar-refractivity contribution in [3.63, 3.8) is 0 Å². The number of carbonyl (C=O) groups is 2. The van der Waals surface area contributed by atoms with Gasteiger partial charge in [0.2, 0.25) is 5.91 Å². The molecule has 1 N–H and O–H groups in total. The van der Waals surface area contributed by atoms with Crippen molar-refractivity contribution in [1.82, 2.24) is 9.80 Å². The first-order valence-electron chi connectivity index (χ1n) is 5.69. The molecule has 0 atom stereocenters. The molecule has 0 spiro atoms. The van der Waals surface area contributed by atoms with Crippen LogP contribution in [0, 0.1) is 0 Å². The quantitative estimate of drug-likeness (QED) is 0.671. The Morgan fingerprint density at radius 1 is 1.24 bits per heavy atom. The molecule has 0 aromatic rings. The summed E-state index contributed by atoms with van der Waals surface area (Å²) in [5.41, 5.74) is 0.748. The Kier molecular flexibility index (Phi) is 7.21. The van der Waals surface area contributed by atoms with Gasteiger partial charge in [-0.3, -0.25) is 9.69 Å². The Labute approximate surface area is 103 Å². The van der Waals surface area contributed by atoms with E-state index in [1.54, 1.807) is 25.9 Å². The number of carbonyl (C=O) groups excluding carboxylic acids is 1. The molecule has 0 rings (SSSR count). The summed E-state index contributed by atoms with van der Waals surface area (Å²) >= 11 is 0. The van der Waals surface area contributed by atoms with E-state index in [1.165, 1.54) is 6.08 Å². The fourth-order valence-corrected chi connectivity index (χ4v) is 1.47. The zero-order valence-corrected chi connectivity index (χ0v) is 11.1. The van der Waals surface area contributed by atoms with Crippen LogP contribution in [0.15, 0.2) is 11.6 Å². The zero-order valence-electron chi connectivity index (χ0n) is 11.1. The van der Waals surface area contributed by atoms with E-state index in [2.05, 4.69) is 0 Å². The molecule has 0 bridgehead atoms. The summed E-state index contributed by atoms with van der Waals surface area (Å²) in [6.45, 7) is 5.41. The summed E-state index contributed by atoms with van der Waals surface area (Å²) in [5.74, 6) is -0.917. The van der Waals surface area contributed by atoms with Gasteiger partial charge >= 0.3 is 5.97 Å². The first-order valence-corrected chi connectivity index (χ1v) is 5.69. The van der Waals surface area contributed by atoms with Crippen molar-refractivity contribution in [2.75, 3.05) is 33.7 Å². The highest BCUT2D eigenvalue weighted by Gasteiger charge is 2.12. The number of aliphatic carboxylic acids is 1. The normalized spacial score (nSPS) is 11.7. The Morgan fingerprint density at radius 3 is 2.24 bits per heavy atom. The molecule has 0 heterocycles. The molecular formula is C12H22N2O3. The predicted molar refractivity (Wildman–Crippen MR) is 66.8 cm³/mol. The van der Waals surface area contributed by atoms with Crippen LogP contribution in [0.4, 0.5) is 0 Å². The van der Waals surface area contributed by atoms with E-state index in [0.29, 0.717) is 13.1 Å². The SMILES string of the molecule is CCCN(CC(=O)N(C)C)CC(C)=CC(=O)O. The highest BCUT2D eigenvalue weighted by Crippen LogP contribution is 2.01. The molecule has 0 aliphatic rings. The van der Waals surface area contributed by atoms with Crippen molar-refractivity contribution in [2.24, 2.45) is 0 Å². The van der Waals surface area contributed by atoms with E-state index in [9.17, 15) is 9.59 Å². The summed E-state index contributed by atoms with van der Waals surface area (Å²) in [6, 6.07) is 0. The van der Waals surface area contributed by atoms with Gasteiger partial charge in [-0.05, 0) is 19.9 Å². The molecule has 5 nitrogen and oxygen atoms in total. The van der Waals surface area contributed by atoms with Crippen molar-refractivity contribution in [2.45, 2.75) is 20.3 Å². The van der Waals surface area contributed by atoms with Gasteiger partial charge in [-0.25, -0.2) is 4.79 Å². The summed E-state index contributed by atoms with van der Waals surface area (Å²) in [5, 5.41) is 8.63. The maximum atomic E-state index is 11.6. The van der Waals surface area contributed by atoms with Crippen molar-refractivity contribution >= 4 is 11.9 Å². The minimum atomic E-state index is -0.946. The maximum absolute atomic E-state index is 11.6. The van der Waals surface area contributed by atoms with Crippen molar-refractivity contribution < 1.29 is 14.7 Å². The Hall–Kier alpha value is -1.36. The number of nitrogens with zero attached hydrogens (tertiary/aromatic N) is 2. The van der Waals surface area contributed by atoms with Crippen LogP contribution in [-0.2, 0) is 9.59 Å². The molecule has 0 aromatic carbocycles. The Bertz CT molecular complexity index is 298. The van der Waals surface area contributed by atoms with E-state index < -0.39 is 5.97 Å². The topological polar surface area (TPSA) is 60.9 Å². The lowest BCUT2D eigenvalue weighted by Crippen LogP contribution is -2.37. The van der Waals surface area contributed by atoms with E-state index in [-0.39, 0.29) is 5.91 Å². The van der Waals surface area contributed by atoms with Gasteiger partial charge < -0.3 is 10.0 Å². The summed E-state index contributed by atoms with van der Waals surface area (Å²) < 4.78 is 0. The van der Waals surface area contributed by atoms with Crippen molar-refractivity contribution in [3.05, 3.63) is 11.6 Å². The molecule has 0 fully saturated rings.